The third-order valence-electron chi connectivity index (χ3n) is 7.39. The minimum atomic E-state index is -0.0774. The standard InChI is InChI=1S/C27H29N5O2/c1-17(19-9-5-3-6-10-19)28-27(34)30-15-22(16-30)31-24(20-13-14-20)23-18(2)29-32(25(23)26(31)33)21-11-7-4-8-12-21/h3-12,17,20,22,24H,13-16H2,1-2H3,(H,28,34). The van der Waals surface area contributed by atoms with Gasteiger partial charge in [-0.1, -0.05) is 48.5 Å². The maximum absolute atomic E-state index is 13.8. The highest BCUT2D eigenvalue weighted by Crippen LogP contribution is 2.52. The Kier molecular flexibility index (Phi) is 4.94. The largest absolute Gasteiger partial charge is 0.331 e. The second-order valence-corrected chi connectivity index (χ2v) is 9.73. The van der Waals surface area contributed by atoms with Crippen LogP contribution >= 0.6 is 0 Å². The molecule has 0 radical (unpaired) electrons. The molecule has 3 heterocycles. The molecule has 2 fully saturated rings. The smallest absolute Gasteiger partial charge is 0.318 e. The summed E-state index contributed by atoms with van der Waals surface area (Å²) in [6.07, 6.45) is 2.27. The van der Waals surface area contributed by atoms with Gasteiger partial charge in [-0.05, 0) is 50.3 Å². The van der Waals surface area contributed by atoms with Gasteiger partial charge in [-0.3, -0.25) is 4.79 Å². The van der Waals surface area contributed by atoms with Gasteiger partial charge in [0.25, 0.3) is 5.91 Å². The third kappa shape index (κ3) is 3.38. The van der Waals surface area contributed by atoms with E-state index in [0.717, 1.165) is 35.3 Å². The molecule has 34 heavy (non-hydrogen) atoms. The van der Waals surface area contributed by atoms with E-state index in [1.807, 2.05) is 79.2 Å². The van der Waals surface area contributed by atoms with Gasteiger partial charge in [0.2, 0.25) is 0 Å². The van der Waals surface area contributed by atoms with Crippen LogP contribution in [0.25, 0.3) is 5.69 Å². The summed E-state index contributed by atoms with van der Waals surface area (Å²) in [6.45, 7) is 5.12. The number of carbonyl (C=O) groups is 2. The number of hydrogen-bond acceptors (Lipinski definition) is 3. The zero-order valence-corrected chi connectivity index (χ0v) is 19.5. The Hall–Kier alpha value is -3.61. The molecule has 1 aliphatic carbocycles. The average molecular weight is 456 g/mol. The number of aromatic nitrogens is 2. The molecule has 3 aliphatic rings. The molecule has 0 spiro atoms. The number of urea groups is 1. The Balaban J connectivity index is 1.20. The molecule has 7 nitrogen and oxygen atoms in total. The molecular formula is C27H29N5O2. The molecule has 1 aromatic heterocycles. The van der Waals surface area contributed by atoms with Crippen LogP contribution in [-0.4, -0.2) is 50.6 Å². The molecule has 7 heteroatoms. The number of fused-ring (bicyclic) bond motifs is 1. The van der Waals surface area contributed by atoms with Crippen molar-refractivity contribution in [2.75, 3.05) is 13.1 Å². The van der Waals surface area contributed by atoms with Gasteiger partial charge in [0, 0.05) is 18.7 Å². The van der Waals surface area contributed by atoms with E-state index in [2.05, 4.69) is 10.2 Å². The molecule has 3 amide bonds. The predicted molar refractivity (Wildman–Crippen MR) is 129 cm³/mol. The van der Waals surface area contributed by atoms with Crippen LogP contribution in [-0.2, 0) is 0 Å². The van der Waals surface area contributed by atoms with Crippen LogP contribution in [0.4, 0.5) is 4.79 Å². The van der Waals surface area contributed by atoms with Crippen molar-refractivity contribution >= 4 is 11.9 Å². The minimum Gasteiger partial charge on any atom is -0.331 e. The van der Waals surface area contributed by atoms with Crippen molar-refractivity contribution in [1.29, 1.82) is 0 Å². The number of rotatable bonds is 5. The Labute approximate surface area is 199 Å². The van der Waals surface area contributed by atoms with E-state index in [4.69, 9.17) is 5.10 Å². The number of nitrogens with zero attached hydrogens (tertiary/aromatic N) is 4. The molecule has 0 bridgehead atoms. The van der Waals surface area contributed by atoms with Crippen molar-refractivity contribution < 1.29 is 9.59 Å². The first-order chi connectivity index (χ1) is 16.5. The summed E-state index contributed by atoms with van der Waals surface area (Å²) < 4.78 is 1.81. The van der Waals surface area contributed by atoms with Crippen molar-refractivity contribution in [2.45, 2.75) is 44.8 Å². The van der Waals surface area contributed by atoms with E-state index in [9.17, 15) is 9.59 Å². The second-order valence-electron chi connectivity index (χ2n) is 9.73. The Morgan fingerprint density at radius 3 is 2.32 bits per heavy atom. The van der Waals surface area contributed by atoms with Crippen molar-refractivity contribution in [2.24, 2.45) is 5.92 Å². The highest BCUT2D eigenvalue weighted by Gasteiger charge is 2.53. The van der Waals surface area contributed by atoms with E-state index in [1.54, 1.807) is 4.90 Å². The summed E-state index contributed by atoms with van der Waals surface area (Å²) in [5.74, 6) is 0.525. The van der Waals surface area contributed by atoms with Crippen LogP contribution in [0.2, 0.25) is 0 Å². The molecule has 1 saturated heterocycles. The van der Waals surface area contributed by atoms with Crippen LogP contribution in [0.1, 0.15) is 59.2 Å². The number of hydrogen-bond donors (Lipinski definition) is 1. The molecule has 6 rings (SSSR count). The monoisotopic (exact) mass is 455 g/mol. The highest BCUT2D eigenvalue weighted by atomic mass is 16.2. The fraction of sp³-hybridized carbons (Fsp3) is 0.370. The summed E-state index contributed by atoms with van der Waals surface area (Å²) in [5, 5.41) is 7.84. The summed E-state index contributed by atoms with van der Waals surface area (Å²) >= 11 is 0. The first-order valence-electron chi connectivity index (χ1n) is 12.1. The van der Waals surface area contributed by atoms with Crippen LogP contribution < -0.4 is 5.32 Å². The average Bonchev–Trinajstić information content (AvgIpc) is 3.54. The predicted octanol–water partition coefficient (Wildman–Crippen LogP) is 4.24. The molecule has 174 valence electrons. The number of para-hydroxylation sites is 1. The van der Waals surface area contributed by atoms with Crippen LogP contribution in [0, 0.1) is 12.8 Å². The van der Waals surface area contributed by atoms with E-state index in [0.29, 0.717) is 24.7 Å². The fourth-order valence-corrected chi connectivity index (χ4v) is 5.41. The first-order valence-corrected chi connectivity index (χ1v) is 12.1. The normalized spacial score (nSPS) is 20.8. The highest BCUT2D eigenvalue weighted by molar-refractivity contribution is 5.99. The van der Waals surface area contributed by atoms with Crippen molar-refractivity contribution in [3.05, 3.63) is 83.2 Å². The van der Waals surface area contributed by atoms with E-state index < -0.39 is 0 Å². The van der Waals surface area contributed by atoms with Gasteiger partial charge in [-0.25, -0.2) is 9.48 Å². The first kappa shape index (κ1) is 21.0. The lowest BCUT2D eigenvalue weighted by Crippen LogP contribution is -2.63. The number of benzene rings is 2. The van der Waals surface area contributed by atoms with Crippen LogP contribution in [0.3, 0.4) is 0 Å². The molecule has 3 aromatic rings. The Morgan fingerprint density at radius 1 is 1.03 bits per heavy atom. The lowest BCUT2D eigenvalue weighted by molar-refractivity contribution is 0.0239. The number of aryl methyl sites for hydroxylation is 1. The van der Waals surface area contributed by atoms with Crippen LogP contribution in [0.15, 0.2) is 60.7 Å². The summed E-state index contributed by atoms with van der Waals surface area (Å²) in [7, 11) is 0. The second kappa shape index (κ2) is 8.01. The van der Waals surface area contributed by atoms with Gasteiger partial charge in [0.1, 0.15) is 5.69 Å². The summed E-state index contributed by atoms with van der Waals surface area (Å²) in [6, 6.07) is 19.8. The third-order valence-corrected chi connectivity index (χ3v) is 7.39. The van der Waals surface area contributed by atoms with Gasteiger partial charge < -0.3 is 15.1 Å². The van der Waals surface area contributed by atoms with Crippen molar-refractivity contribution in [3.8, 4) is 5.69 Å². The molecular weight excluding hydrogens is 426 g/mol. The Bertz CT molecular complexity index is 1230. The van der Waals surface area contributed by atoms with Gasteiger partial charge in [0.15, 0.2) is 0 Å². The maximum Gasteiger partial charge on any atom is 0.318 e. The molecule has 2 aliphatic heterocycles. The molecule has 2 atom stereocenters. The van der Waals surface area contributed by atoms with Crippen molar-refractivity contribution in [3.63, 3.8) is 0 Å². The number of likely N-dealkylation sites (tertiary alicyclic amines) is 1. The quantitative estimate of drug-likeness (QED) is 0.626. The summed E-state index contributed by atoms with van der Waals surface area (Å²) in [4.78, 5) is 30.5. The van der Waals surface area contributed by atoms with E-state index in [1.165, 1.54) is 0 Å². The van der Waals surface area contributed by atoms with E-state index in [-0.39, 0.29) is 30.1 Å². The van der Waals surface area contributed by atoms with Gasteiger partial charge in [0.05, 0.1) is 29.5 Å². The number of nitrogens with one attached hydrogen (secondary N) is 1. The molecule has 1 saturated carbocycles. The molecule has 2 aromatic carbocycles. The SMILES string of the molecule is Cc1nn(-c2ccccc2)c2c1C(C1CC1)N(C1CN(C(=O)NC(C)c3ccccc3)C1)C2=O. The summed E-state index contributed by atoms with van der Waals surface area (Å²) in [5.41, 5.74) is 4.68. The topological polar surface area (TPSA) is 70.5 Å². The number of amides is 3. The zero-order valence-electron chi connectivity index (χ0n) is 19.5. The Morgan fingerprint density at radius 2 is 1.68 bits per heavy atom. The van der Waals surface area contributed by atoms with Crippen LogP contribution in [0.5, 0.6) is 0 Å². The minimum absolute atomic E-state index is 0.0342. The molecule has 1 N–H and O–H groups in total. The number of carbonyl (C=O) groups excluding carboxylic acids is 2. The fourth-order valence-electron chi connectivity index (χ4n) is 5.41. The maximum atomic E-state index is 13.8. The van der Waals surface area contributed by atoms with Gasteiger partial charge in [-0.2, -0.15) is 5.10 Å². The van der Waals surface area contributed by atoms with Gasteiger partial charge in [-0.15, -0.1) is 0 Å². The zero-order chi connectivity index (χ0) is 23.4. The lowest BCUT2D eigenvalue weighted by Gasteiger charge is -2.46. The molecule has 2 unspecified atom stereocenters. The van der Waals surface area contributed by atoms with E-state index >= 15 is 0 Å². The van der Waals surface area contributed by atoms with Crippen molar-refractivity contribution in [1.82, 2.24) is 24.9 Å². The lowest BCUT2D eigenvalue weighted by atomic mass is 10.00. The van der Waals surface area contributed by atoms with Gasteiger partial charge >= 0.3 is 6.03 Å².